The fourth-order valence-corrected chi connectivity index (χ4v) is 4.08. The topological polar surface area (TPSA) is 59.8 Å². The summed E-state index contributed by atoms with van der Waals surface area (Å²) in [6, 6.07) is 22.4. The van der Waals surface area contributed by atoms with Crippen molar-refractivity contribution in [3.63, 3.8) is 0 Å². The van der Waals surface area contributed by atoms with E-state index in [0.717, 1.165) is 28.3 Å². The highest BCUT2D eigenvalue weighted by molar-refractivity contribution is 7.99. The van der Waals surface area contributed by atoms with Gasteiger partial charge in [0.1, 0.15) is 0 Å². The summed E-state index contributed by atoms with van der Waals surface area (Å²) in [6.45, 7) is 8.21. The Morgan fingerprint density at radius 3 is 2.16 bits per heavy atom. The van der Waals surface area contributed by atoms with Gasteiger partial charge in [0.15, 0.2) is 11.0 Å². The van der Waals surface area contributed by atoms with E-state index in [0.29, 0.717) is 5.16 Å². The molecule has 0 aliphatic heterocycles. The quantitative estimate of drug-likeness (QED) is 0.378. The molecule has 0 saturated heterocycles. The van der Waals surface area contributed by atoms with Gasteiger partial charge in [0.25, 0.3) is 0 Å². The Morgan fingerprint density at radius 2 is 1.50 bits per heavy atom. The van der Waals surface area contributed by atoms with Crippen LogP contribution in [0.25, 0.3) is 17.1 Å². The average Bonchev–Trinajstić information content (AvgIpc) is 3.20. The van der Waals surface area contributed by atoms with Gasteiger partial charge in [-0.15, -0.1) is 10.2 Å². The van der Waals surface area contributed by atoms with Gasteiger partial charge >= 0.3 is 0 Å². The Kier molecular flexibility index (Phi) is 6.42. The SMILES string of the molecule is Cc1ccc(-c2nnc(SCC(=O)Nc3ccc(C)c(C)c3)n2-c2ccc(C)cc2)cc1. The van der Waals surface area contributed by atoms with Crippen molar-refractivity contribution >= 4 is 23.4 Å². The predicted octanol–water partition coefficient (Wildman–Crippen LogP) is 5.90. The molecule has 3 aromatic carbocycles. The number of rotatable bonds is 6. The molecule has 0 unspecified atom stereocenters. The molecule has 1 N–H and O–H groups in total. The van der Waals surface area contributed by atoms with Crippen LogP contribution in [0.1, 0.15) is 22.3 Å². The summed E-state index contributed by atoms with van der Waals surface area (Å²) in [7, 11) is 0. The van der Waals surface area contributed by atoms with Crippen molar-refractivity contribution in [3.8, 4) is 17.1 Å². The third kappa shape index (κ3) is 4.92. The Hall–Kier alpha value is -3.38. The lowest BCUT2D eigenvalue weighted by Crippen LogP contribution is -2.14. The molecule has 6 heteroatoms. The van der Waals surface area contributed by atoms with Gasteiger partial charge in [-0.1, -0.05) is 65.4 Å². The molecule has 0 radical (unpaired) electrons. The fraction of sp³-hybridized carbons (Fsp3) is 0.192. The van der Waals surface area contributed by atoms with Crippen LogP contribution in [0.4, 0.5) is 5.69 Å². The van der Waals surface area contributed by atoms with Crippen molar-refractivity contribution in [3.05, 3.63) is 89.0 Å². The summed E-state index contributed by atoms with van der Waals surface area (Å²) in [4.78, 5) is 12.6. The zero-order valence-corrected chi connectivity index (χ0v) is 19.5. The lowest BCUT2D eigenvalue weighted by atomic mass is 10.1. The minimum absolute atomic E-state index is 0.0754. The van der Waals surface area contributed by atoms with Gasteiger partial charge < -0.3 is 5.32 Å². The van der Waals surface area contributed by atoms with E-state index in [2.05, 4.69) is 72.7 Å². The second-order valence-corrected chi connectivity index (χ2v) is 8.92. The zero-order chi connectivity index (χ0) is 22.7. The first-order valence-corrected chi connectivity index (χ1v) is 11.5. The second-order valence-electron chi connectivity index (χ2n) is 7.98. The van der Waals surface area contributed by atoms with Gasteiger partial charge in [0, 0.05) is 16.9 Å². The van der Waals surface area contributed by atoms with E-state index in [9.17, 15) is 4.79 Å². The number of carbonyl (C=O) groups excluding carboxylic acids is 1. The molecule has 162 valence electrons. The Balaban J connectivity index is 1.59. The average molecular weight is 443 g/mol. The maximum absolute atomic E-state index is 12.6. The van der Waals surface area contributed by atoms with Gasteiger partial charge in [-0.25, -0.2) is 0 Å². The number of anilines is 1. The van der Waals surface area contributed by atoms with Crippen molar-refractivity contribution in [1.82, 2.24) is 14.8 Å². The predicted molar refractivity (Wildman–Crippen MR) is 132 cm³/mol. The smallest absolute Gasteiger partial charge is 0.234 e. The minimum Gasteiger partial charge on any atom is -0.325 e. The molecular formula is C26H26N4OS. The lowest BCUT2D eigenvalue weighted by Gasteiger charge is -2.11. The summed E-state index contributed by atoms with van der Waals surface area (Å²) in [5.74, 6) is 0.921. The van der Waals surface area contributed by atoms with Crippen molar-refractivity contribution in [2.24, 2.45) is 0 Å². The highest BCUT2D eigenvalue weighted by Gasteiger charge is 2.17. The number of amides is 1. The maximum atomic E-state index is 12.6. The molecule has 1 heterocycles. The van der Waals surface area contributed by atoms with Gasteiger partial charge in [0.2, 0.25) is 5.91 Å². The van der Waals surface area contributed by atoms with Gasteiger partial charge in [-0.3, -0.25) is 9.36 Å². The van der Waals surface area contributed by atoms with Gasteiger partial charge in [0.05, 0.1) is 5.75 Å². The van der Waals surface area contributed by atoms with E-state index in [1.54, 1.807) is 0 Å². The van der Waals surface area contributed by atoms with Crippen LogP contribution < -0.4 is 5.32 Å². The summed E-state index contributed by atoms with van der Waals surface area (Å²) in [5, 5.41) is 12.5. The maximum Gasteiger partial charge on any atom is 0.234 e. The molecule has 4 rings (SSSR count). The third-order valence-electron chi connectivity index (χ3n) is 5.36. The number of hydrogen-bond donors (Lipinski definition) is 1. The van der Waals surface area contributed by atoms with Crippen LogP contribution in [-0.4, -0.2) is 26.4 Å². The molecule has 0 aliphatic rings. The highest BCUT2D eigenvalue weighted by atomic mass is 32.2. The van der Waals surface area contributed by atoms with E-state index >= 15 is 0 Å². The van der Waals surface area contributed by atoms with Crippen molar-refractivity contribution in [2.45, 2.75) is 32.9 Å². The number of hydrogen-bond acceptors (Lipinski definition) is 4. The fourth-order valence-electron chi connectivity index (χ4n) is 3.33. The van der Waals surface area contributed by atoms with Crippen LogP contribution in [0, 0.1) is 27.7 Å². The van der Waals surface area contributed by atoms with E-state index in [1.807, 2.05) is 41.8 Å². The van der Waals surface area contributed by atoms with Crippen LogP contribution in [-0.2, 0) is 4.79 Å². The molecule has 1 aromatic heterocycles. The number of aromatic nitrogens is 3. The molecule has 0 aliphatic carbocycles. The van der Waals surface area contributed by atoms with E-state index in [1.165, 1.54) is 28.5 Å². The Morgan fingerprint density at radius 1 is 0.844 bits per heavy atom. The third-order valence-corrected chi connectivity index (χ3v) is 6.29. The zero-order valence-electron chi connectivity index (χ0n) is 18.7. The highest BCUT2D eigenvalue weighted by Crippen LogP contribution is 2.28. The Bertz CT molecular complexity index is 1240. The summed E-state index contributed by atoms with van der Waals surface area (Å²) in [6.07, 6.45) is 0. The molecule has 0 atom stereocenters. The normalized spacial score (nSPS) is 10.9. The van der Waals surface area contributed by atoms with Crippen LogP contribution in [0.2, 0.25) is 0 Å². The first kappa shape index (κ1) is 21.8. The lowest BCUT2D eigenvalue weighted by molar-refractivity contribution is -0.113. The molecule has 1 amide bonds. The molecular weight excluding hydrogens is 416 g/mol. The molecule has 0 spiro atoms. The first-order valence-electron chi connectivity index (χ1n) is 10.5. The molecule has 32 heavy (non-hydrogen) atoms. The van der Waals surface area contributed by atoms with Crippen LogP contribution in [0.5, 0.6) is 0 Å². The van der Waals surface area contributed by atoms with Gasteiger partial charge in [-0.2, -0.15) is 0 Å². The molecule has 0 fully saturated rings. The monoisotopic (exact) mass is 442 g/mol. The van der Waals surface area contributed by atoms with E-state index in [4.69, 9.17) is 0 Å². The molecule has 4 aromatic rings. The number of thioether (sulfide) groups is 1. The van der Waals surface area contributed by atoms with Crippen molar-refractivity contribution in [1.29, 1.82) is 0 Å². The standard InChI is InChI=1S/C26H26N4OS/c1-17-5-10-21(11-6-17)25-28-29-26(30(25)23-13-7-18(2)8-14-23)32-16-24(31)27-22-12-9-19(3)20(4)15-22/h5-15H,16H2,1-4H3,(H,27,31). The summed E-state index contributed by atoms with van der Waals surface area (Å²) < 4.78 is 2.01. The number of benzene rings is 3. The summed E-state index contributed by atoms with van der Waals surface area (Å²) >= 11 is 1.38. The first-order chi connectivity index (χ1) is 15.4. The van der Waals surface area contributed by atoms with Crippen LogP contribution >= 0.6 is 11.8 Å². The van der Waals surface area contributed by atoms with Crippen LogP contribution in [0.3, 0.4) is 0 Å². The van der Waals surface area contributed by atoms with E-state index < -0.39 is 0 Å². The number of carbonyl (C=O) groups is 1. The summed E-state index contributed by atoms with van der Waals surface area (Å²) in [5.41, 5.74) is 7.47. The van der Waals surface area contributed by atoms with Crippen LogP contribution in [0.15, 0.2) is 71.9 Å². The molecule has 5 nitrogen and oxygen atoms in total. The van der Waals surface area contributed by atoms with Crippen molar-refractivity contribution in [2.75, 3.05) is 11.1 Å². The van der Waals surface area contributed by atoms with Gasteiger partial charge in [-0.05, 0) is 63.1 Å². The van der Waals surface area contributed by atoms with Crippen molar-refractivity contribution < 1.29 is 4.79 Å². The molecule has 0 saturated carbocycles. The molecule has 0 bridgehead atoms. The number of aryl methyl sites for hydroxylation is 4. The number of nitrogens with one attached hydrogen (secondary N) is 1. The van der Waals surface area contributed by atoms with E-state index in [-0.39, 0.29) is 11.7 Å². The Labute approximate surface area is 192 Å². The second kappa shape index (κ2) is 9.40. The minimum atomic E-state index is -0.0754. The largest absolute Gasteiger partial charge is 0.325 e. The number of nitrogens with zero attached hydrogens (tertiary/aromatic N) is 3.